The van der Waals surface area contributed by atoms with Crippen molar-refractivity contribution in [1.29, 1.82) is 0 Å². The Morgan fingerprint density at radius 1 is 0.818 bits per heavy atom. The lowest BCUT2D eigenvalue weighted by atomic mass is 10.0. The molecule has 4 aromatic carbocycles. The largest absolute Gasteiger partial charge is 0.436 e. The Labute approximate surface area is 188 Å². The van der Waals surface area contributed by atoms with Gasteiger partial charge in [0.05, 0.1) is 4.92 Å². The number of fused-ring (bicyclic) bond motifs is 1. The molecule has 1 heterocycles. The molecule has 0 unspecified atom stereocenters. The number of carbonyl (C=O) groups is 1. The van der Waals surface area contributed by atoms with Gasteiger partial charge in [0.25, 0.3) is 11.6 Å². The van der Waals surface area contributed by atoms with E-state index in [1.807, 2.05) is 42.5 Å². The highest BCUT2D eigenvalue weighted by atomic mass is 16.6. The molecule has 0 aliphatic carbocycles. The van der Waals surface area contributed by atoms with Crippen molar-refractivity contribution >= 4 is 28.4 Å². The zero-order valence-electron chi connectivity index (χ0n) is 17.3. The summed E-state index contributed by atoms with van der Waals surface area (Å²) >= 11 is 0. The lowest BCUT2D eigenvalue weighted by molar-refractivity contribution is -0.384. The van der Waals surface area contributed by atoms with Crippen LogP contribution in [0.4, 0.5) is 11.4 Å². The fourth-order valence-electron chi connectivity index (χ4n) is 3.53. The van der Waals surface area contributed by atoms with Crippen molar-refractivity contribution in [3.63, 3.8) is 0 Å². The van der Waals surface area contributed by atoms with Gasteiger partial charge in [0.2, 0.25) is 5.89 Å². The van der Waals surface area contributed by atoms with Crippen molar-refractivity contribution in [3.05, 3.63) is 113 Å². The van der Waals surface area contributed by atoms with E-state index in [-0.39, 0.29) is 11.3 Å². The molecule has 0 fully saturated rings. The summed E-state index contributed by atoms with van der Waals surface area (Å²) < 4.78 is 5.89. The van der Waals surface area contributed by atoms with Crippen LogP contribution >= 0.6 is 0 Å². The first-order valence-corrected chi connectivity index (χ1v) is 10.2. The Bertz CT molecular complexity index is 1480. The van der Waals surface area contributed by atoms with E-state index in [0.717, 1.165) is 16.7 Å². The highest BCUT2D eigenvalue weighted by molar-refractivity contribution is 6.05. The van der Waals surface area contributed by atoms with E-state index in [1.54, 1.807) is 18.2 Å². The molecule has 5 rings (SSSR count). The highest BCUT2D eigenvalue weighted by Crippen LogP contribution is 2.28. The third kappa shape index (κ3) is 4.20. The van der Waals surface area contributed by atoms with Crippen LogP contribution in [-0.2, 0) is 0 Å². The number of carbonyl (C=O) groups excluding carboxylic acids is 1. The van der Waals surface area contributed by atoms with Gasteiger partial charge in [-0.15, -0.1) is 0 Å². The number of aromatic nitrogens is 1. The molecule has 0 saturated heterocycles. The average Bonchev–Trinajstić information content (AvgIpc) is 3.28. The smallest absolute Gasteiger partial charge is 0.270 e. The number of nitrogens with one attached hydrogen (secondary N) is 1. The van der Waals surface area contributed by atoms with E-state index in [0.29, 0.717) is 22.7 Å². The van der Waals surface area contributed by atoms with Crippen molar-refractivity contribution in [2.45, 2.75) is 0 Å². The van der Waals surface area contributed by atoms with Gasteiger partial charge in [-0.05, 0) is 47.5 Å². The number of benzene rings is 4. The normalized spacial score (nSPS) is 10.8. The van der Waals surface area contributed by atoms with Crippen LogP contribution in [0.1, 0.15) is 10.4 Å². The number of nitrogens with zero attached hydrogens (tertiary/aromatic N) is 2. The maximum atomic E-state index is 12.5. The van der Waals surface area contributed by atoms with Gasteiger partial charge >= 0.3 is 0 Å². The maximum Gasteiger partial charge on any atom is 0.270 e. The van der Waals surface area contributed by atoms with Crippen molar-refractivity contribution in [2.75, 3.05) is 5.32 Å². The summed E-state index contributed by atoms with van der Waals surface area (Å²) in [6.07, 6.45) is 0. The topological polar surface area (TPSA) is 98.3 Å². The average molecular weight is 435 g/mol. The second-order valence-electron chi connectivity index (χ2n) is 7.41. The number of hydrogen-bond acceptors (Lipinski definition) is 5. The summed E-state index contributed by atoms with van der Waals surface area (Å²) in [4.78, 5) is 27.5. The van der Waals surface area contributed by atoms with Crippen LogP contribution in [0, 0.1) is 10.1 Å². The quantitative estimate of drug-likeness (QED) is 0.257. The first kappa shape index (κ1) is 20.1. The molecular weight excluding hydrogens is 418 g/mol. The van der Waals surface area contributed by atoms with Crippen molar-refractivity contribution < 1.29 is 14.1 Å². The molecule has 0 atom stereocenters. The molecule has 1 aromatic heterocycles. The number of amides is 1. The number of anilines is 1. The summed E-state index contributed by atoms with van der Waals surface area (Å²) in [5.74, 6) is 0.0324. The van der Waals surface area contributed by atoms with Gasteiger partial charge in [-0.1, -0.05) is 48.5 Å². The van der Waals surface area contributed by atoms with Crippen LogP contribution in [0.15, 0.2) is 101 Å². The van der Waals surface area contributed by atoms with Crippen LogP contribution in [0.3, 0.4) is 0 Å². The molecule has 0 bridgehead atoms. The zero-order chi connectivity index (χ0) is 22.8. The number of nitro benzene ring substituents is 1. The van der Waals surface area contributed by atoms with Crippen LogP contribution in [0.2, 0.25) is 0 Å². The van der Waals surface area contributed by atoms with Gasteiger partial charge < -0.3 is 9.73 Å². The van der Waals surface area contributed by atoms with Crippen molar-refractivity contribution in [2.24, 2.45) is 0 Å². The first-order chi connectivity index (χ1) is 16.1. The van der Waals surface area contributed by atoms with Gasteiger partial charge in [-0.2, -0.15) is 0 Å². The predicted molar refractivity (Wildman–Crippen MR) is 126 cm³/mol. The van der Waals surface area contributed by atoms with E-state index < -0.39 is 10.8 Å². The molecule has 1 amide bonds. The maximum absolute atomic E-state index is 12.5. The molecule has 0 aliphatic rings. The molecule has 5 aromatic rings. The number of nitro groups is 1. The molecule has 7 nitrogen and oxygen atoms in total. The van der Waals surface area contributed by atoms with Crippen molar-refractivity contribution in [3.8, 4) is 22.6 Å². The Morgan fingerprint density at radius 3 is 2.30 bits per heavy atom. The standard InChI is InChI=1S/C26H17N3O4/c30-25(20-7-4-8-22(15-20)29(31)32)27-21-13-14-24-23(16-21)28-26(33-24)19-11-9-18(10-12-19)17-5-2-1-3-6-17/h1-16H,(H,27,30). The minimum absolute atomic E-state index is 0.141. The van der Waals surface area contributed by atoms with E-state index in [2.05, 4.69) is 22.4 Å². The summed E-state index contributed by atoms with van der Waals surface area (Å²) in [6, 6.07) is 28.7. The fraction of sp³-hybridized carbons (Fsp3) is 0. The third-order valence-electron chi connectivity index (χ3n) is 5.20. The number of oxazole rings is 1. The predicted octanol–water partition coefficient (Wildman–Crippen LogP) is 6.32. The molecule has 0 radical (unpaired) electrons. The lowest BCUT2D eigenvalue weighted by Gasteiger charge is -2.04. The Morgan fingerprint density at radius 2 is 1.55 bits per heavy atom. The molecule has 1 N–H and O–H groups in total. The number of non-ortho nitro benzene ring substituents is 1. The van der Waals surface area contributed by atoms with E-state index in [1.165, 1.54) is 24.3 Å². The SMILES string of the molecule is O=C(Nc1ccc2oc(-c3ccc(-c4ccccc4)cc3)nc2c1)c1cccc([N+](=O)[O-])c1. The summed E-state index contributed by atoms with van der Waals surface area (Å²) in [5.41, 5.74) is 4.82. The number of hydrogen-bond donors (Lipinski definition) is 1. The summed E-state index contributed by atoms with van der Waals surface area (Å²) in [6.45, 7) is 0. The second kappa shape index (κ2) is 8.39. The Kier molecular flexibility index (Phi) is 5.12. The van der Waals surface area contributed by atoms with Crippen LogP contribution in [-0.4, -0.2) is 15.8 Å². The Balaban J connectivity index is 1.37. The van der Waals surface area contributed by atoms with Crippen LogP contribution < -0.4 is 5.32 Å². The monoisotopic (exact) mass is 435 g/mol. The first-order valence-electron chi connectivity index (χ1n) is 10.2. The Hall–Kier alpha value is -4.78. The highest BCUT2D eigenvalue weighted by Gasteiger charge is 2.13. The molecule has 160 valence electrons. The second-order valence-corrected chi connectivity index (χ2v) is 7.41. The van der Waals surface area contributed by atoms with E-state index in [9.17, 15) is 14.9 Å². The summed E-state index contributed by atoms with van der Waals surface area (Å²) in [5, 5.41) is 13.7. The van der Waals surface area contributed by atoms with Gasteiger partial charge in [0.1, 0.15) is 5.52 Å². The molecule has 33 heavy (non-hydrogen) atoms. The molecular formula is C26H17N3O4. The van der Waals surface area contributed by atoms with Gasteiger partial charge in [0, 0.05) is 28.9 Å². The van der Waals surface area contributed by atoms with Gasteiger partial charge in [0.15, 0.2) is 5.58 Å². The minimum Gasteiger partial charge on any atom is -0.436 e. The van der Waals surface area contributed by atoms with Crippen molar-refractivity contribution in [1.82, 2.24) is 4.98 Å². The van der Waals surface area contributed by atoms with Crippen LogP contribution in [0.5, 0.6) is 0 Å². The molecule has 7 heteroatoms. The fourth-order valence-corrected chi connectivity index (χ4v) is 3.53. The molecule has 0 aliphatic heterocycles. The van der Waals surface area contributed by atoms with Crippen LogP contribution in [0.25, 0.3) is 33.7 Å². The number of rotatable bonds is 5. The lowest BCUT2D eigenvalue weighted by Crippen LogP contribution is -2.12. The van der Waals surface area contributed by atoms with E-state index in [4.69, 9.17) is 4.42 Å². The molecule has 0 saturated carbocycles. The summed E-state index contributed by atoms with van der Waals surface area (Å²) in [7, 11) is 0. The van der Waals surface area contributed by atoms with E-state index >= 15 is 0 Å². The minimum atomic E-state index is -0.536. The third-order valence-corrected chi connectivity index (χ3v) is 5.20. The van der Waals surface area contributed by atoms with Gasteiger partial charge in [-0.25, -0.2) is 4.98 Å². The zero-order valence-corrected chi connectivity index (χ0v) is 17.3. The van der Waals surface area contributed by atoms with Gasteiger partial charge in [-0.3, -0.25) is 14.9 Å². The molecule has 0 spiro atoms.